The second-order valence-electron chi connectivity index (χ2n) is 11.8. The maximum Gasteiger partial charge on any atom is 0.0606 e. The fourth-order valence-corrected chi connectivity index (χ4v) is 8.75. The molecular weight excluding hydrogens is 424 g/mol. The van der Waals surface area contributed by atoms with Crippen LogP contribution in [-0.4, -0.2) is 36.9 Å². The lowest BCUT2D eigenvalue weighted by molar-refractivity contribution is 0.0335. The first kappa shape index (κ1) is 26.3. The van der Waals surface area contributed by atoms with Gasteiger partial charge in [-0.1, -0.05) is 77.0 Å². The van der Waals surface area contributed by atoms with Crippen LogP contribution in [0.2, 0.25) is 0 Å². The molecule has 2 nitrogen and oxygen atoms in total. The molecule has 2 saturated carbocycles. The maximum atomic E-state index is 6.13. The maximum absolute atomic E-state index is 6.13. The summed E-state index contributed by atoms with van der Waals surface area (Å²) in [6, 6.07) is 0. The highest BCUT2D eigenvalue weighted by Crippen LogP contribution is 2.40. The summed E-state index contributed by atoms with van der Waals surface area (Å²) >= 11 is 2.22. The highest BCUT2D eigenvalue weighted by molar-refractivity contribution is 7.99. The molecule has 33 heavy (non-hydrogen) atoms. The molecule has 0 aromatic rings. The molecule has 4 atom stereocenters. The van der Waals surface area contributed by atoms with Crippen LogP contribution < -0.4 is 0 Å². The van der Waals surface area contributed by atoms with Crippen LogP contribution in [0.15, 0.2) is 0 Å². The van der Waals surface area contributed by atoms with Gasteiger partial charge >= 0.3 is 0 Å². The Morgan fingerprint density at radius 2 is 0.970 bits per heavy atom. The van der Waals surface area contributed by atoms with Crippen molar-refractivity contribution >= 4 is 11.8 Å². The lowest BCUT2D eigenvalue weighted by atomic mass is 9.81. The first-order valence-electron chi connectivity index (χ1n) is 15.2. The van der Waals surface area contributed by atoms with Gasteiger partial charge in [0.05, 0.1) is 12.2 Å². The Morgan fingerprint density at radius 1 is 0.515 bits per heavy atom. The van der Waals surface area contributed by atoms with Crippen LogP contribution in [0.3, 0.4) is 0 Å². The van der Waals surface area contributed by atoms with Gasteiger partial charge in [-0.25, -0.2) is 0 Å². The van der Waals surface area contributed by atoms with E-state index in [1.54, 1.807) is 0 Å². The average molecular weight is 479 g/mol. The Kier molecular flexibility index (Phi) is 12.3. The van der Waals surface area contributed by atoms with Crippen molar-refractivity contribution in [2.75, 3.05) is 24.7 Å². The molecule has 0 aromatic heterocycles. The van der Waals surface area contributed by atoms with E-state index in [9.17, 15) is 0 Å². The van der Waals surface area contributed by atoms with E-state index < -0.39 is 0 Å². The van der Waals surface area contributed by atoms with Gasteiger partial charge in [0.25, 0.3) is 0 Å². The molecule has 4 aliphatic rings. The standard InChI is InChI=1S/C30H54O2S/c1(3-17-27(25-13-5-6-14-25)29-19-11-21-31-29)9-23-33-24-10-2-4-18-28(26-15-7-8-16-26)30-20-12-22-32-30/h25-30H,1-24H2. The van der Waals surface area contributed by atoms with Gasteiger partial charge in [0.1, 0.15) is 0 Å². The molecular formula is C30H54O2S. The van der Waals surface area contributed by atoms with Crippen LogP contribution in [0.5, 0.6) is 0 Å². The zero-order valence-electron chi connectivity index (χ0n) is 21.7. The van der Waals surface area contributed by atoms with Crippen molar-refractivity contribution in [2.45, 2.75) is 141 Å². The fraction of sp³-hybridized carbons (Fsp3) is 1.00. The van der Waals surface area contributed by atoms with Gasteiger partial charge in [0.2, 0.25) is 0 Å². The molecule has 4 unspecified atom stereocenters. The summed E-state index contributed by atoms with van der Waals surface area (Å²) in [5.74, 6) is 6.49. The van der Waals surface area contributed by atoms with E-state index in [4.69, 9.17) is 9.47 Å². The third-order valence-electron chi connectivity index (χ3n) is 9.55. The SMILES string of the molecule is C(CCSCCCCCC(C1CCCC1)C1CCCO1)CCC(C1CCCC1)C1CCCO1. The smallest absolute Gasteiger partial charge is 0.0606 e. The van der Waals surface area contributed by atoms with Gasteiger partial charge < -0.3 is 9.47 Å². The number of thioether (sulfide) groups is 1. The summed E-state index contributed by atoms with van der Waals surface area (Å²) in [6.07, 6.45) is 29.8. The van der Waals surface area contributed by atoms with Crippen LogP contribution in [0.4, 0.5) is 0 Å². The van der Waals surface area contributed by atoms with Gasteiger partial charge in [-0.3, -0.25) is 0 Å². The number of unbranched alkanes of at least 4 members (excludes halogenated alkanes) is 4. The van der Waals surface area contributed by atoms with Gasteiger partial charge in [-0.15, -0.1) is 0 Å². The topological polar surface area (TPSA) is 18.5 Å². The number of rotatable bonds is 16. The van der Waals surface area contributed by atoms with Crippen LogP contribution in [-0.2, 0) is 9.47 Å². The summed E-state index contributed by atoms with van der Waals surface area (Å²) < 4.78 is 12.3. The number of ether oxygens (including phenoxy) is 2. The average Bonchev–Trinajstić information content (AvgIpc) is 3.66. The molecule has 2 aliphatic heterocycles. The predicted octanol–water partition coefficient (Wildman–Crippen LogP) is 8.81. The minimum Gasteiger partial charge on any atom is -0.378 e. The molecule has 0 bridgehead atoms. The van der Waals surface area contributed by atoms with Gasteiger partial charge in [0, 0.05) is 13.2 Å². The Morgan fingerprint density at radius 3 is 1.36 bits per heavy atom. The van der Waals surface area contributed by atoms with E-state index >= 15 is 0 Å². The second kappa shape index (κ2) is 15.4. The lowest BCUT2D eigenvalue weighted by Gasteiger charge is -2.28. The predicted molar refractivity (Wildman–Crippen MR) is 143 cm³/mol. The number of hydrogen-bond donors (Lipinski definition) is 0. The third kappa shape index (κ3) is 8.71. The van der Waals surface area contributed by atoms with E-state index in [-0.39, 0.29) is 0 Å². The molecule has 4 rings (SSSR count). The second-order valence-corrected chi connectivity index (χ2v) is 13.1. The van der Waals surface area contributed by atoms with Crippen LogP contribution in [0, 0.1) is 23.7 Å². The van der Waals surface area contributed by atoms with Crippen molar-refractivity contribution in [1.82, 2.24) is 0 Å². The molecule has 2 heterocycles. The summed E-state index contributed by atoms with van der Waals surface area (Å²) in [5.41, 5.74) is 0. The largest absolute Gasteiger partial charge is 0.378 e. The Bertz CT molecular complexity index is 412. The molecule has 0 spiro atoms. The molecule has 192 valence electrons. The zero-order chi connectivity index (χ0) is 22.6. The molecule has 0 radical (unpaired) electrons. The van der Waals surface area contributed by atoms with E-state index in [0.29, 0.717) is 12.2 Å². The Balaban J connectivity index is 0.995. The van der Waals surface area contributed by atoms with Crippen molar-refractivity contribution in [3.8, 4) is 0 Å². The van der Waals surface area contributed by atoms with Crippen molar-refractivity contribution in [3.63, 3.8) is 0 Å². The van der Waals surface area contributed by atoms with Crippen molar-refractivity contribution in [3.05, 3.63) is 0 Å². The molecule has 0 aromatic carbocycles. The monoisotopic (exact) mass is 478 g/mol. The molecule has 0 N–H and O–H groups in total. The fourth-order valence-electron chi connectivity index (χ4n) is 7.73. The van der Waals surface area contributed by atoms with Gasteiger partial charge in [0.15, 0.2) is 0 Å². The quantitative estimate of drug-likeness (QED) is 0.206. The van der Waals surface area contributed by atoms with Crippen molar-refractivity contribution < 1.29 is 9.47 Å². The normalized spacial score (nSPS) is 28.7. The van der Waals surface area contributed by atoms with Crippen LogP contribution >= 0.6 is 11.8 Å². The molecule has 2 aliphatic carbocycles. The minimum absolute atomic E-state index is 0.607. The van der Waals surface area contributed by atoms with Crippen LogP contribution in [0.25, 0.3) is 0 Å². The van der Waals surface area contributed by atoms with Crippen LogP contribution in [0.1, 0.15) is 128 Å². The third-order valence-corrected chi connectivity index (χ3v) is 10.7. The summed E-state index contributed by atoms with van der Waals surface area (Å²) in [6.45, 7) is 2.06. The van der Waals surface area contributed by atoms with Gasteiger partial charge in [-0.2, -0.15) is 11.8 Å². The summed E-state index contributed by atoms with van der Waals surface area (Å²) in [5, 5.41) is 0. The molecule has 2 saturated heterocycles. The highest BCUT2D eigenvalue weighted by Gasteiger charge is 2.34. The first-order valence-corrected chi connectivity index (χ1v) is 16.4. The zero-order valence-corrected chi connectivity index (χ0v) is 22.5. The molecule has 4 fully saturated rings. The van der Waals surface area contributed by atoms with Gasteiger partial charge in [-0.05, 0) is 86.5 Å². The van der Waals surface area contributed by atoms with E-state index in [1.807, 2.05) is 0 Å². The summed E-state index contributed by atoms with van der Waals surface area (Å²) in [4.78, 5) is 0. The van der Waals surface area contributed by atoms with E-state index in [2.05, 4.69) is 11.8 Å². The van der Waals surface area contributed by atoms with E-state index in [0.717, 1.165) is 36.9 Å². The van der Waals surface area contributed by atoms with E-state index in [1.165, 1.54) is 140 Å². The van der Waals surface area contributed by atoms with Crippen molar-refractivity contribution in [2.24, 2.45) is 23.7 Å². The first-order chi connectivity index (χ1) is 16.4. The highest BCUT2D eigenvalue weighted by atomic mass is 32.2. The van der Waals surface area contributed by atoms with Crippen molar-refractivity contribution in [1.29, 1.82) is 0 Å². The molecule has 3 heteroatoms. The number of hydrogen-bond acceptors (Lipinski definition) is 3. The summed E-state index contributed by atoms with van der Waals surface area (Å²) in [7, 11) is 0. The Hall–Kier alpha value is 0.270. The molecule has 0 amide bonds. The lowest BCUT2D eigenvalue weighted by Crippen LogP contribution is -2.26. The minimum atomic E-state index is 0.607. The Labute approximate surface area is 210 Å².